The fourth-order valence-electron chi connectivity index (χ4n) is 9.89. The minimum Gasteiger partial charge on any atom is -0.490 e. The zero-order valence-corrected chi connectivity index (χ0v) is 32.9. The highest BCUT2D eigenvalue weighted by atomic mass is 35.5. The molecule has 0 radical (unpaired) electrons. The topological polar surface area (TPSA) is 129 Å². The van der Waals surface area contributed by atoms with Gasteiger partial charge in [-0.25, -0.2) is 13.1 Å². The van der Waals surface area contributed by atoms with Crippen LogP contribution in [0, 0.1) is 17.8 Å². The van der Waals surface area contributed by atoms with Crippen molar-refractivity contribution in [1.29, 1.82) is 0 Å². The number of morpholine rings is 1. The molecule has 1 spiro atoms. The Morgan fingerprint density at radius 1 is 1.09 bits per heavy atom. The third kappa shape index (κ3) is 7.17. The number of aliphatic hydroxyl groups is 1. The maximum atomic E-state index is 14.1. The lowest BCUT2D eigenvalue weighted by Crippen LogP contribution is -2.60. The average Bonchev–Trinajstić information content (AvgIpc) is 3.28. The summed E-state index contributed by atoms with van der Waals surface area (Å²) in [5, 5.41) is 12.5. The number of sulfonamides is 1. The van der Waals surface area contributed by atoms with Crippen LogP contribution in [0.15, 0.2) is 48.6 Å². The number of fused-ring (bicyclic) bond motifs is 5. The highest BCUT2D eigenvalue weighted by molar-refractivity contribution is 7.90. The second-order valence-corrected chi connectivity index (χ2v) is 19.3. The molecule has 7 atom stereocenters. The number of ether oxygens (including phenoxy) is 2. The lowest BCUT2D eigenvalue weighted by atomic mass is 9.63. The lowest BCUT2D eigenvalue weighted by Gasteiger charge is -2.50. The number of allylic oxidation sites excluding steroid dienone is 1. The third-order valence-corrected chi connectivity index (χ3v) is 15.6. The summed E-state index contributed by atoms with van der Waals surface area (Å²) in [6, 6.07) is 11.4. The Balaban J connectivity index is 1.16. The fraction of sp³-hybridized carbons (Fsp3) is 0.610. The maximum absolute atomic E-state index is 14.1. The van der Waals surface area contributed by atoms with Crippen molar-refractivity contribution in [3.8, 4) is 5.75 Å². The van der Waals surface area contributed by atoms with Gasteiger partial charge in [-0.1, -0.05) is 36.7 Å². The van der Waals surface area contributed by atoms with Crippen LogP contribution in [0.2, 0.25) is 5.02 Å². The van der Waals surface area contributed by atoms with E-state index < -0.39 is 26.8 Å². The van der Waals surface area contributed by atoms with Gasteiger partial charge in [0.15, 0.2) is 0 Å². The van der Waals surface area contributed by atoms with Gasteiger partial charge in [0.1, 0.15) is 5.75 Å². The van der Waals surface area contributed by atoms with Gasteiger partial charge in [0.05, 0.1) is 48.8 Å². The monoisotopic (exact) mass is 780 g/mol. The second-order valence-electron chi connectivity index (χ2n) is 16.8. The molecule has 8 rings (SSSR count). The van der Waals surface area contributed by atoms with Crippen LogP contribution in [0.4, 0.5) is 5.69 Å². The molecule has 2 aromatic rings. The van der Waals surface area contributed by atoms with Crippen LogP contribution >= 0.6 is 11.6 Å². The van der Waals surface area contributed by atoms with Gasteiger partial charge in [-0.15, -0.1) is 0 Å². The quantitative estimate of drug-likeness (QED) is 0.422. The molecule has 2 aromatic carbocycles. The summed E-state index contributed by atoms with van der Waals surface area (Å²) in [6.45, 7) is 9.20. The van der Waals surface area contributed by atoms with E-state index in [-0.39, 0.29) is 47.1 Å². The van der Waals surface area contributed by atoms with E-state index in [9.17, 15) is 23.1 Å². The van der Waals surface area contributed by atoms with Crippen molar-refractivity contribution in [3.63, 3.8) is 0 Å². The van der Waals surface area contributed by atoms with E-state index in [1.54, 1.807) is 31.2 Å². The Labute approximate surface area is 324 Å². The number of hydrogen-bond donors (Lipinski definition) is 2. The Hall–Kier alpha value is -3.16. The van der Waals surface area contributed by atoms with E-state index in [1.807, 2.05) is 24.0 Å². The van der Waals surface area contributed by atoms with Crippen molar-refractivity contribution >= 4 is 39.1 Å². The summed E-state index contributed by atoms with van der Waals surface area (Å²) in [4.78, 5) is 34.3. The van der Waals surface area contributed by atoms with E-state index in [1.165, 1.54) is 11.1 Å². The van der Waals surface area contributed by atoms with Crippen molar-refractivity contribution in [3.05, 3.63) is 70.3 Å². The van der Waals surface area contributed by atoms with E-state index in [0.29, 0.717) is 63.2 Å². The van der Waals surface area contributed by atoms with Crippen molar-refractivity contribution in [2.45, 2.75) is 81.1 Å². The molecular weight excluding hydrogens is 728 g/mol. The van der Waals surface area contributed by atoms with Gasteiger partial charge in [-0.3, -0.25) is 14.5 Å². The van der Waals surface area contributed by atoms with Gasteiger partial charge in [0.25, 0.3) is 5.91 Å². The molecule has 4 heterocycles. The number of nitrogens with zero attached hydrogens (tertiary/aromatic N) is 3. The van der Waals surface area contributed by atoms with Crippen molar-refractivity contribution in [2.75, 3.05) is 64.0 Å². The molecule has 2 saturated heterocycles. The largest absolute Gasteiger partial charge is 0.490 e. The van der Waals surface area contributed by atoms with Crippen molar-refractivity contribution in [2.24, 2.45) is 17.8 Å². The van der Waals surface area contributed by atoms with Gasteiger partial charge in [-0.05, 0) is 105 Å². The molecule has 11 nitrogen and oxygen atoms in total. The number of hydrogen-bond acceptors (Lipinski definition) is 9. The number of nitrogens with one attached hydrogen (secondary N) is 1. The normalized spacial score (nSPS) is 34.6. The van der Waals surface area contributed by atoms with Crippen molar-refractivity contribution in [1.82, 2.24) is 14.5 Å². The average molecular weight is 781 g/mol. The molecule has 13 heteroatoms. The smallest absolute Gasteiger partial charge is 0.264 e. The molecule has 4 aliphatic heterocycles. The number of anilines is 1. The van der Waals surface area contributed by atoms with Crippen LogP contribution in [-0.4, -0.2) is 111 Å². The van der Waals surface area contributed by atoms with Crippen LogP contribution < -0.4 is 14.4 Å². The first-order valence-corrected chi connectivity index (χ1v) is 21.6. The van der Waals surface area contributed by atoms with Gasteiger partial charge in [-0.2, -0.15) is 0 Å². The van der Waals surface area contributed by atoms with Gasteiger partial charge < -0.3 is 24.4 Å². The van der Waals surface area contributed by atoms with Crippen molar-refractivity contribution < 1.29 is 32.6 Å². The maximum Gasteiger partial charge on any atom is 0.264 e. The Morgan fingerprint density at radius 2 is 1.94 bits per heavy atom. The number of rotatable bonds is 2. The lowest BCUT2D eigenvalue weighted by molar-refractivity contribution is -0.145. The molecule has 2 amide bonds. The molecule has 1 saturated carbocycles. The van der Waals surface area contributed by atoms with Gasteiger partial charge in [0.2, 0.25) is 15.9 Å². The zero-order chi connectivity index (χ0) is 37.8. The summed E-state index contributed by atoms with van der Waals surface area (Å²) in [7, 11) is -4.04. The highest BCUT2D eigenvalue weighted by Gasteiger charge is 2.49. The minimum absolute atomic E-state index is 0.0432. The number of carbonyl (C=O) groups is 2. The number of amides is 2. The first-order valence-electron chi connectivity index (χ1n) is 19.7. The number of piperazine rings is 1. The first-order chi connectivity index (χ1) is 25.8. The number of benzene rings is 2. The third-order valence-electron chi connectivity index (χ3n) is 13.5. The van der Waals surface area contributed by atoms with E-state index in [2.05, 4.69) is 26.7 Å². The molecule has 2 bridgehead atoms. The molecule has 2 aliphatic carbocycles. The van der Waals surface area contributed by atoms with E-state index in [4.69, 9.17) is 21.1 Å². The molecule has 0 unspecified atom stereocenters. The molecule has 3 fully saturated rings. The van der Waals surface area contributed by atoms with Gasteiger partial charge >= 0.3 is 0 Å². The number of halogens is 1. The Bertz CT molecular complexity index is 1930. The second kappa shape index (κ2) is 14.7. The Kier molecular flexibility index (Phi) is 10.3. The number of aryl methyl sites for hydroxylation is 1. The Morgan fingerprint density at radius 3 is 2.76 bits per heavy atom. The van der Waals surface area contributed by atoms with Crippen LogP contribution in [0.5, 0.6) is 5.75 Å². The summed E-state index contributed by atoms with van der Waals surface area (Å²) in [5.41, 5.74) is 1.61. The number of carbonyl (C=O) groups excluding carboxylic acids is 2. The predicted molar refractivity (Wildman–Crippen MR) is 208 cm³/mol. The van der Waals surface area contributed by atoms with Crippen LogP contribution in [-0.2, 0) is 31.4 Å². The van der Waals surface area contributed by atoms with E-state index in [0.717, 1.165) is 50.9 Å². The molecule has 292 valence electrons. The van der Waals surface area contributed by atoms with Crippen LogP contribution in [0.25, 0.3) is 0 Å². The van der Waals surface area contributed by atoms with Gasteiger partial charge in [0, 0.05) is 55.3 Å². The first kappa shape index (κ1) is 37.7. The molecule has 0 aromatic heterocycles. The SMILES string of the molecule is C[C@@H]1[C@@H](C)C/C=C/[C@@](O)(CC(=O)N2CCN3CCOC[C@H]3C2)[C@@H]2CC[C@H]2CN2C[C@@]3(CCCc4cc(Cl)ccc43)COc3ccc(cc32)C(=O)NS1(=O)=O. The molecule has 2 N–H and O–H groups in total. The van der Waals surface area contributed by atoms with Crippen LogP contribution in [0.1, 0.15) is 73.9 Å². The zero-order valence-electron chi connectivity index (χ0n) is 31.3. The van der Waals surface area contributed by atoms with Crippen LogP contribution in [0.3, 0.4) is 0 Å². The summed E-state index contributed by atoms with van der Waals surface area (Å²) in [6.07, 6.45) is 8.39. The highest BCUT2D eigenvalue weighted by Crippen LogP contribution is 2.49. The predicted octanol–water partition coefficient (Wildman–Crippen LogP) is 4.55. The molecular formula is C41H53ClN4O7S. The summed E-state index contributed by atoms with van der Waals surface area (Å²) < 4.78 is 41.8. The minimum atomic E-state index is -4.04. The molecule has 54 heavy (non-hydrogen) atoms. The summed E-state index contributed by atoms with van der Waals surface area (Å²) in [5.74, 6) is -0.637. The molecule has 6 aliphatic rings. The standard InChI is InChI=1S/C41H53ClN4O7S/c1-27-5-3-14-41(49,21-38(47)45-16-15-44-17-18-52-24-33(44)23-45)35-10-7-31(35)22-46-25-40(13-4-6-29-19-32(42)9-11-34(29)40)26-53-37-12-8-30(20-36(37)46)39(48)43-54(50,51)28(27)2/h3,8-9,11-12,14,19-20,27-28,31,33,35,49H,4-7,10,13,15-18,21-26H2,1-2H3,(H,43,48)/b14-3+/t27-,28+,31-,33+,35+,40-,41+/m0/s1. The fourth-order valence-corrected chi connectivity index (χ4v) is 11.4. The van der Waals surface area contributed by atoms with E-state index >= 15 is 0 Å². The summed E-state index contributed by atoms with van der Waals surface area (Å²) >= 11 is 6.47.